The first kappa shape index (κ1) is 6.21. The summed E-state index contributed by atoms with van der Waals surface area (Å²) in [5, 5.41) is 0. The van der Waals surface area contributed by atoms with Crippen LogP contribution in [0.3, 0.4) is 0 Å². The lowest BCUT2D eigenvalue weighted by atomic mass is 9.94. The first-order valence-electron chi connectivity index (χ1n) is 4.14. The third kappa shape index (κ3) is 0.681. The molecule has 0 bridgehead atoms. The maximum absolute atomic E-state index is 2.42. The van der Waals surface area contributed by atoms with Crippen molar-refractivity contribution in [2.75, 3.05) is 0 Å². The molecule has 10 heavy (non-hydrogen) atoms. The summed E-state index contributed by atoms with van der Waals surface area (Å²) in [5.41, 5.74) is 2.06. The van der Waals surface area contributed by atoms with Gasteiger partial charge in [0.05, 0.1) is 0 Å². The first-order chi connectivity index (χ1) is 4.77. The van der Waals surface area contributed by atoms with Crippen LogP contribution in [0.5, 0.6) is 0 Å². The molecule has 2 unspecified atom stereocenters. The average molecular weight is 134 g/mol. The minimum atomic E-state index is 0.611. The van der Waals surface area contributed by atoms with Crippen molar-refractivity contribution in [3.05, 3.63) is 23.8 Å². The molecule has 0 aliphatic heterocycles. The Kier molecular flexibility index (Phi) is 1.08. The number of rotatable bonds is 1. The van der Waals surface area contributed by atoms with E-state index in [9.17, 15) is 0 Å². The van der Waals surface area contributed by atoms with Crippen LogP contribution in [-0.2, 0) is 0 Å². The summed E-state index contributed by atoms with van der Waals surface area (Å²) in [6.07, 6.45) is 9.82. The SMILES string of the molecule is CCC12C=CC(C)=CC1C2. The third-order valence-corrected chi connectivity index (χ3v) is 2.98. The van der Waals surface area contributed by atoms with Gasteiger partial charge in [-0.2, -0.15) is 0 Å². The van der Waals surface area contributed by atoms with Gasteiger partial charge in [-0.05, 0) is 31.1 Å². The highest BCUT2D eigenvalue weighted by Crippen LogP contribution is 2.59. The van der Waals surface area contributed by atoms with Gasteiger partial charge in [0.1, 0.15) is 0 Å². The number of hydrogen-bond acceptors (Lipinski definition) is 0. The van der Waals surface area contributed by atoms with Crippen LogP contribution in [0.1, 0.15) is 26.7 Å². The Morgan fingerprint density at radius 2 is 2.50 bits per heavy atom. The van der Waals surface area contributed by atoms with Crippen LogP contribution in [0, 0.1) is 11.3 Å². The zero-order valence-electron chi connectivity index (χ0n) is 6.72. The van der Waals surface area contributed by atoms with E-state index in [2.05, 4.69) is 32.1 Å². The fourth-order valence-electron chi connectivity index (χ4n) is 1.96. The van der Waals surface area contributed by atoms with Gasteiger partial charge in [0.15, 0.2) is 0 Å². The van der Waals surface area contributed by atoms with Gasteiger partial charge in [-0.15, -0.1) is 0 Å². The lowest BCUT2D eigenvalue weighted by Gasteiger charge is -2.11. The second-order valence-corrected chi connectivity index (χ2v) is 3.64. The van der Waals surface area contributed by atoms with Crippen LogP contribution >= 0.6 is 0 Å². The minimum Gasteiger partial charge on any atom is -0.0776 e. The second-order valence-electron chi connectivity index (χ2n) is 3.64. The monoisotopic (exact) mass is 134 g/mol. The van der Waals surface area contributed by atoms with Crippen molar-refractivity contribution in [2.24, 2.45) is 11.3 Å². The molecule has 0 N–H and O–H groups in total. The van der Waals surface area contributed by atoms with Gasteiger partial charge in [0.25, 0.3) is 0 Å². The fraction of sp³-hybridized carbons (Fsp3) is 0.600. The zero-order valence-corrected chi connectivity index (χ0v) is 6.72. The Bertz CT molecular complexity index is 210. The number of hydrogen-bond donors (Lipinski definition) is 0. The lowest BCUT2D eigenvalue weighted by molar-refractivity contribution is 0.582. The number of fused-ring (bicyclic) bond motifs is 1. The van der Waals surface area contributed by atoms with E-state index in [4.69, 9.17) is 0 Å². The zero-order chi connectivity index (χ0) is 7.19. The standard InChI is InChI=1S/C10H14/c1-3-10-5-4-8(2)6-9(10)7-10/h4-6,9H,3,7H2,1-2H3. The molecule has 0 heteroatoms. The van der Waals surface area contributed by atoms with Gasteiger partial charge < -0.3 is 0 Å². The Morgan fingerprint density at radius 1 is 1.70 bits per heavy atom. The summed E-state index contributed by atoms with van der Waals surface area (Å²) in [5.74, 6) is 0.891. The summed E-state index contributed by atoms with van der Waals surface area (Å²) in [6, 6.07) is 0. The van der Waals surface area contributed by atoms with E-state index in [1.807, 2.05) is 0 Å². The molecule has 54 valence electrons. The molecule has 0 aromatic heterocycles. The van der Waals surface area contributed by atoms with Crippen LogP contribution < -0.4 is 0 Å². The Hall–Kier alpha value is -0.520. The highest BCUT2D eigenvalue weighted by molar-refractivity contribution is 5.34. The molecule has 0 aromatic rings. The van der Waals surface area contributed by atoms with Gasteiger partial charge >= 0.3 is 0 Å². The van der Waals surface area contributed by atoms with Crippen LogP contribution in [0.4, 0.5) is 0 Å². The van der Waals surface area contributed by atoms with Gasteiger partial charge in [-0.25, -0.2) is 0 Å². The maximum Gasteiger partial charge on any atom is -0.00485 e. The summed E-state index contributed by atoms with van der Waals surface area (Å²) in [4.78, 5) is 0. The molecule has 0 heterocycles. The highest BCUT2D eigenvalue weighted by Gasteiger charge is 2.49. The van der Waals surface area contributed by atoms with Crippen molar-refractivity contribution in [1.29, 1.82) is 0 Å². The largest absolute Gasteiger partial charge is 0.0776 e. The summed E-state index contributed by atoms with van der Waals surface area (Å²) < 4.78 is 0. The van der Waals surface area contributed by atoms with E-state index < -0.39 is 0 Å². The molecule has 0 saturated heterocycles. The van der Waals surface area contributed by atoms with Crippen molar-refractivity contribution in [3.63, 3.8) is 0 Å². The Labute approximate surface area is 62.6 Å². The highest BCUT2D eigenvalue weighted by atomic mass is 14.5. The molecule has 1 fully saturated rings. The molecule has 2 atom stereocenters. The Balaban J connectivity index is 2.23. The molecule has 0 radical (unpaired) electrons. The summed E-state index contributed by atoms with van der Waals surface area (Å²) in [6.45, 7) is 4.48. The second kappa shape index (κ2) is 1.75. The summed E-state index contributed by atoms with van der Waals surface area (Å²) in [7, 11) is 0. The van der Waals surface area contributed by atoms with E-state index in [0.717, 1.165) is 5.92 Å². The molecule has 2 aliphatic rings. The minimum absolute atomic E-state index is 0.611. The maximum atomic E-state index is 2.42. The topological polar surface area (TPSA) is 0 Å². The first-order valence-corrected chi connectivity index (χ1v) is 4.14. The van der Waals surface area contributed by atoms with Crippen molar-refractivity contribution >= 4 is 0 Å². The van der Waals surface area contributed by atoms with Crippen LogP contribution in [-0.4, -0.2) is 0 Å². The van der Waals surface area contributed by atoms with Crippen molar-refractivity contribution in [3.8, 4) is 0 Å². The predicted octanol–water partition coefficient (Wildman–Crippen LogP) is 2.92. The molecular weight excluding hydrogens is 120 g/mol. The molecule has 2 aliphatic carbocycles. The molecule has 0 amide bonds. The van der Waals surface area contributed by atoms with E-state index in [1.54, 1.807) is 0 Å². The third-order valence-electron chi connectivity index (χ3n) is 2.98. The van der Waals surface area contributed by atoms with Crippen molar-refractivity contribution in [2.45, 2.75) is 26.7 Å². The predicted molar refractivity (Wildman–Crippen MR) is 43.7 cm³/mol. The van der Waals surface area contributed by atoms with Gasteiger partial charge in [0.2, 0.25) is 0 Å². The van der Waals surface area contributed by atoms with E-state index >= 15 is 0 Å². The fourth-order valence-corrected chi connectivity index (χ4v) is 1.96. The molecule has 0 aromatic carbocycles. The Morgan fingerprint density at radius 3 is 3.10 bits per heavy atom. The molecule has 0 nitrogen and oxygen atoms in total. The normalized spacial score (nSPS) is 42.6. The van der Waals surface area contributed by atoms with Gasteiger partial charge in [0, 0.05) is 0 Å². The van der Waals surface area contributed by atoms with E-state index in [-0.39, 0.29) is 0 Å². The summed E-state index contributed by atoms with van der Waals surface area (Å²) >= 11 is 0. The van der Waals surface area contributed by atoms with E-state index in [1.165, 1.54) is 18.4 Å². The number of allylic oxidation sites excluding steroid dienone is 4. The molecule has 0 spiro atoms. The smallest absolute Gasteiger partial charge is 0.00485 e. The van der Waals surface area contributed by atoms with E-state index in [0.29, 0.717) is 5.41 Å². The van der Waals surface area contributed by atoms with Crippen molar-refractivity contribution < 1.29 is 0 Å². The molecular formula is C10H14. The molecule has 1 saturated carbocycles. The van der Waals surface area contributed by atoms with Gasteiger partial charge in [-0.1, -0.05) is 30.7 Å². The molecule has 2 rings (SSSR count). The lowest BCUT2D eigenvalue weighted by Crippen LogP contribution is -1.99. The van der Waals surface area contributed by atoms with Crippen molar-refractivity contribution in [1.82, 2.24) is 0 Å². The van der Waals surface area contributed by atoms with Crippen LogP contribution in [0.25, 0.3) is 0 Å². The quantitative estimate of drug-likeness (QED) is 0.517. The van der Waals surface area contributed by atoms with Crippen LogP contribution in [0.2, 0.25) is 0 Å². The van der Waals surface area contributed by atoms with Crippen LogP contribution in [0.15, 0.2) is 23.8 Å². The average Bonchev–Trinajstić information content (AvgIpc) is 2.62. The van der Waals surface area contributed by atoms with Gasteiger partial charge in [-0.3, -0.25) is 0 Å².